The number of ether oxygens (including phenoxy) is 1. The van der Waals surface area contributed by atoms with Crippen molar-refractivity contribution in [2.24, 2.45) is 5.92 Å². The van der Waals surface area contributed by atoms with Crippen LogP contribution in [-0.2, 0) is 17.9 Å². The van der Waals surface area contributed by atoms with Crippen LogP contribution in [0, 0.1) is 12.8 Å². The van der Waals surface area contributed by atoms with E-state index in [0.29, 0.717) is 18.9 Å². The summed E-state index contributed by atoms with van der Waals surface area (Å²) in [6.45, 7) is 10.3. The molecule has 1 N–H and O–H groups in total. The van der Waals surface area contributed by atoms with Gasteiger partial charge in [0, 0.05) is 54.1 Å². The molecule has 172 valence electrons. The van der Waals surface area contributed by atoms with Crippen molar-refractivity contribution in [3.63, 3.8) is 0 Å². The number of nitrogens with one attached hydrogen (secondary N) is 1. The second-order valence-electron chi connectivity index (χ2n) is 8.42. The molecule has 6 heteroatoms. The minimum atomic E-state index is -0.0743. The van der Waals surface area contributed by atoms with Gasteiger partial charge in [-0.05, 0) is 31.2 Å². The highest BCUT2D eigenvalue weighted by Crippen LogP contribution is 2.32. The van der Waals surface area contributed by atoms with E-state index in [2.05, 4.69) is 33.9 Å². The molecule has 3 aromatic rings. The number of aryl methyl sites for hydroxylation is 1. The summed E-state index contributed by atoms with van der Waals surface area (Å²) < 4.78 is 6.24. The Morgan fingerprint density at radius 3 is 2.73 bits per heavy atom. The quantitative estimate of drug-likeness (QED) is 0.477. The molecule has 0 radical (unpaired) electrons. The number of carbonyl (C=O) groups excluding carboxylic acids is 1. The first-order valence-electron chi connectivity index (χ1n) is 11.1. The SMILES string of the molecule is C=C/C=C(/c1cc(C)nc2c(OCc3cccnc3CNC(=O)C(C)C)cccc12)N(C)C. The number of fused-ring (bicyclic) bond motifs is 1. The largest absolute Gasteiger partial charge is 0.487 e. The average molecular weight is 445 g/mol. The predicted octanol–water partition coefficient (Wildman–Crippen LogP) is 4.88. The molecule has 0 saturated heterocycles. The molecular weight excluding hydrogens is 412 g/mol. The molecule has 0 aliphatic rings. The Balaban J connectivity index is 1.92. The summed E-state index contributed by atoms with van der Waals surface area (Å²) in [5.41, 5.74) is 5.55. The number of hydrogen-bond donors (Lipinski definition) is 1. The summed E-state index contributed by atoms with van der Waals surface area (Å²) in [5, 5.41) is 3.94. The minimum Gasteiger partial charge on any atom is -0.487 e. The molecule has 2 aromatic heterocycles. The van der Waals surface area contributed by atoms with Gasteiger partial charge in [0.2, 0.25) is 5.91 Å². The van der Waals surface area contributed by atoms with Gasteiger partial charge in [-0.3, -0.25) is 9.78 Å². The van der Waals surface area contributed by atoms with Gasteiger partial charge in [-0.15, -0.1) is 0 Å². The second-order valence-corrected chi connectivity index (χ2v) is 8.42. The molecule has 6 nitrogen and oxygen atoms in total. The van der Waals surface area contributed by atoms with Gasteiger partial charge in [-0.2, -0.15) is 0 Å². The van der Waals surface area contributed by atoms with Crippen LogP contribution in [0.5, 0.6) is 5.75 Å². The summed E-state index contributed by atoms with van der Waals surface area (Å²) in [4.78, 5) is 23.3. The van der Waals surface area contributed by atoms with Crippen LogP contribution in [0.25, 0.3) is 16.6 Å². The third-order valence-corrected chi connectivity index (χ3v) is 5.29. The number of nitrogens with zero attached hydrogens (tertiary/aromatic N) is 3. The molecule has 0 unspecified atom stereocenters. The Kier molecular flexibility index (Phi) is 7.83. The highest BCUT2D eigenvalue weighted by atomic mass is 16.5. The number of allylic oxidation sites excluding steroid dienone is 2. The van der Waals surface area contributed by atoms with Crippen LogP contribution in [0.4, 0.5) is 0 Å². The van der Waals surface area contributed by atoms with Crippen LogP contribution >= 0.6 is 0 Å². The molecule has 3 rings (SSSR count). The minimum absolute atomic E-state index is 0.00180. The van der Waals surface area contributed by atoms with Crippen molar-refractivity contribution in [1.82, 2.24) is 20.2 Å². The van der Waals surface area contributed by atoms with Crippen molar-refractivity contribution < 1.29 is 9.53 Å². The maximum atomic E-state index is 12.0. The van der Waals surface area contributed by atoms with E-state index in [-0.39, 0.29) is 11.8 Å². The van der Waals surface area contributed by atoms with Crippen LogP contribution in [-0.4, -0.2) is 34.9 Å². The fourth-order valence-corrected chi connectivity index (χ4v) is 3.56. The first kappa shape index (κ1) is 24.0. The number of amides is 1. The summed E-state index contributed by atoms with van der Waals surface area (Å²) >= 11 is 0. The van der Waals surface area contributed by atoms with Crippen molar-refractivity contribution >= 4 is 22.5 Å². The van der Waals surface area contributed by atoms with Crippen LogP contribution in [0.3, 0.4) is 0 Å². The standard InChI is InChI=1S/C27H32N4O2/c1-7-10-24(31(5)6)22-15-19(4)30-26-21(22)12-8-13-25(26)33-17-20-11-9-14-28-23(20)16-29-27(32)18(2)3/h7-15,18H,1,16-17H2,2-6H3,(H,29,32)/b24-10-. The lowest BCUT2D eigenvalue weighted by atomic mass is 10.0. The molecule has 2 heterocycles. The van der Waals surface area contributed by atoms with Gasteiger partial charge in [0.05, 0.1) is 12.2 Å². The Labute approximate surface area is 196 Å². The van der Waals surface area contributed by atoms with E-state index in [0.717, 1.165) is 39.1 Å². The maximum Gasteiger partial charge on any atom is 0.222 e. The van der Waals surface area contributed by atoms with E-state index in [1.165, 1.54) is 0 Å². The smallest absolute Gasteiger partial charge is 0.222 e. The van der Waals surface area contributed by atoms with Crippen LogP contribution in [0.15, 0.2) is 61.3 Å². The number of rotatable bonds is 9. The fraction of sp³-hybridized carbons (Fsp3) is 0.296. The van der Waals surface area contributed by atoms with E-state index in [4.69, 9.17) is 9.72 Å². The Morgan fingerprint density at radius 2 is 2.03 bits per heavy atom. The van der Waals surface area contributed by atoms with Crippen molar-refractivity contribution in [2.45, 2.75) is 33.9 Å². The van der Waals surface area contributed by atoms with Gasteiger partial charge in [0.25, 0.3) is 0 Å². The van der Waals surface area contributed by atoms with Gasteiger partial charge in [-0.25, -0.2) is 4.98 Å². The van der Waals surface area contributed by atoms with Crippen molar-refractivity contribution in [2.75, 3.05) is 14.1 Å². The van der Waals surface area contributed by atoms with E-state index in [9.17, 15) is 4.79 Å². The number of carbonyl (C=O) groups is 1. The Hall–Kier alpha value is -3.67. The van der Waals surface area contributed by atoms with Crippen LogP contribution in [0.1, 0.15) is 36.4 Å². The molecule has 33 heavy (non-hydrogen) atoms. The lowest BCUT2D eigenvalue weighted by molar-refractivity contribution is -0.124. The monoisotopic (exact) mass is 444 g/mol. The number of benzene rings is 1. The zero-order valence-corrected chi connectivity index (χ0v) is 20.1. The van der Waals surface area contributed by atoms with Crippen molar-refractivity contribution in [1.29, 1.82) is 0 Å². The summed E-state index contributed by atoms with van der Waals surface area (Å²) in [6, 6.07) is 11.9. The maximum absolute atomic E-state index is 12.0. The average Bonchev–Trinajstić information content (AvgIpc) is 2.79. The van der Waals surface area contributed by atoms with Crippen LogP contribution in [0.2, 0.25) is 0 Å². The van der Waals surface area contributed by atoms with E-state index in [1.807, 2.05) is 65.2 Å². The van der Waals surface area contributed by atoms with Gasteiger partial charge >= 0.3 is 0 Å². The first-order valence-corrected chi connectivity index (χ1v) is 11.1. The third kappa shape index (κ3) is 5.77. The number of pyridine rings is 2. The predicted molar refractivity (Wildman–Crippen MR) is 134 cm³/mol. The normalized spacial score (nSPS) is 11.5. The molecule has 0 bridgehead atoms. The fourth-order valence-electron chi connectivity index (χ4n) is 3.56. The summed E-state index contributed by atoms with van der Waals surface area (Å²) in [5.74, 6) is 0.628. The zero-order chi connectivity index (χ0) is 24.0. The molecule has 0 fully saturated rings. The lowest BCUT2D eigenvalue weighted by Crippen LogP contribution is -2.28. The van der Waals surface area contributed by atoms with Gasteiger partial charge in [0.15, 0.2) is 0 Å². The van der Waals surface area contributed by atoms with Crippen molar-refractivity contribution in [3.05, 3.63) is 83.8 Å². The molecule has 1 aromatic carbocycles. The molecule has 0 aliphatic carbocycles. The van der Waals surface area contributed by atoms with E-state index >= 15 is 0 Å². The molecule has 0 aliphatic heterocycles. The Bertz CT molecular complexity index is 1180. The molecule has 1 amide bonds. The third-order valence-electron chi connectivity index (χ3n) is 5.29. The first-order chi connectivity index (χ1) is 15.8. The van der Waals surface area contributed by atoms with Gasteiger partial charge in [-0.1, -0.05) is 44.7 Å². The Morgan fingerprint density at radius 1 is 1.24 bits per heavy atom. The highest BCUT2D eigenvalue weighted by molar-refractivity contribution is 5.94. The van der Waals surface area contributed by atoms with Gasteiger partial charge < -0.3 is 15.0 Å². The zero-order valence-electron chi connectivity index (χ0n) is 20.1. The highest BCUT2D eigenvalue weighted by Gasteiger charge is 2.14. The summed E-state index contributed by atoms with van der Waals surface area (Å²) in [7, 11) is 4.03. The van der Waals surface area contributed by atoms with Crippen LogP contribution < -0.4 is 10.1 Å². The van der Waals surface area contributed by atoms with E-state index in [1.54, 1.807) is 12.3 Å². The molecule has 0 spiro atoms. The van der Waals surface area contributed by atoms with E-state index < -0.39 is 0 Å². The topological polar surface area (TPSA) is 67.4 Å². The number of para-hydroxylation sites is 1. The van der Waals surface area contributed by atoms with Crippen molar-refractivity contribution in [3.8, 4) is 5.75 Å². The summed E-state index contributed by atoms with van der Waals surface area (Å²) in [6.07, 6.45) is 5.51. The molecular formula is C27H32N4O2. The van der Waals surface area contributed by atoms with Gasteiger partial charge in [0.1, 0.15) is 17.9 Å². The molecule has 0 atom stereocenters. The molecule has 0 saturated carbocycles. The lowest BCUT2D eigenvalue weighted by Gasteiger charge is -2.20. The number of hydrogen-bond acceptors (Lipinski definition) is 5. The number of aromatic nitrogens is 2. The second kappa shape index (κ2) is 10.8.